The van der Waals surface area contributed by atoms with E-state index < -0.39 is 6.03 Å². The van der Waals surface area contributed by atoms with Gasteiger partial charge in [0, 0.05) is 25.7 Å². The lowest BCUT2D eigenvalue weighted by atomic mass is 10.1. The number of aromatic amines is 1. The molecule has 0 spiro atoms. The first-order chi connectivity index (χ1) is 12.2. The predicted molar refractivity (Wildman–Crippen MR) is 93.6 cm³/mol. The molecule has 1 aromatic carbocycles. The number of hydrogen-bond donors (Lipinski definition) is 3. The fraction of sp³-hybridized carbons (Fsp3) is 0.389. The molecule has 2 heterocycles. The smallest absolute Gasteiger partial charge is 0.321 e. The Kier molecular flexibility index (Phi) is 5.79. The van der Waals surface area contributed by atoms with Gasteiger partial charge in [0.15, 0.2) is 0 Å². The van der Waals surface area contributed by atoms with Crippen LogP contribution in [0.4, 0.5) is 4.79 Å². The molecule has 132 valence electrons. The standard InChI is InChI=1S/C18H23N5O2/c24-17(21-18(25)19-13-14-5-2-1-3-6-14)9-12-23-11-4-7-16(23)15-8-10-20-22-15/h1-3,5-6,8,10,16H,4,7,9,11-13H2,(H,20,22)(H2,19,21,24,25)/t16-/m0/s1. The number of carbonyl (C=O) groups is 2. The average Bonchev–Trinajstić information content (AvgIpc) is 3.30. The first-order valence-corrected chi connectivity index (χ1v) is 8.57. The number of imide groups is 1. The van der Waals surface area contributed by atoms with Crippen molar-refractivity contribution >= 4 is 11.9 Å². The molecule has 7 heteroatoms. The van der Waals surface area contributed by atoms with E-state index >= 15 is 0 Å². The lowest BCUT2D eigenvalue weighted by Gasteiger charge is -2.22. The van der Waals surface area contributed by atoms with E-state index in [0.29, 0.717) is 19.5 Å². The Morgan fingerprint density at radius 3 is 2.84 bits per heavy atom. The Balaban J connectivity index is 1.39. The van der Waals surface area contributed by atoms with E-state index in [4.69, 9.17) is 0 Å². The molecule has 1 aliphatic heterocycles. The van der Waals surface area contributed by atoms with E-state index in [9.17, 15) is 9.59 Å². The molecule has 0 unspecified atom stereocenters. The molecule has 0 saturated carbocycles. The van der Waals surface area contributed by atoms with Crippen molar-refractivity contribution in [3.8, 4) is 0 Å². The first-order valence-electron chi connectivity index (χ1n) is 8.57. The quantitative estimate of drug-likeness (QED) is 0.749. The topological polar surface area (TPSA) is 90.1 Å². The molecule has 3 N–H and O–H groups in total. The van der Waals surface area contributed by atoms with Gasteiger partial charge in [0.25, 0.3) is 0 Å². The van der Waals surface area contributed by atoms with Gasteiger partial charge < -0.3 is 5.32 Å². The summed E-state index contributed by atoms with van der Waals surface area (Å²) in [6, 6.07) is 11.4. The SMILES string of the molecule is O=C(CCN1CCC[C@H]1c1ccn[nH]1)NC(=O)NCc1ccccc1. The maximum atomic E-state index is 12.0. The fourth-order valence-corrected chi connectivity index (χ4v) is 3.15. The molecule has 1 aromatic heterocycles. The number of urea groups is 1. The molecule has 0 bridgehead atoms. The number of hydrogen-bond acceptors (Lipinski definition) is 4. The highest BCUT2D eigenvalue weighted by Gasteiger charge is 2.27. The molecule has 3 amide bonds. The van der Waals surface area contributed by atoms with Crippen LogP contribution < -0.4 is 10.6 Å². The number of carbonyl (C=O) groups excluding carboxylic acids is 2. The zero-order valence-corrected chi connectivity index (χ0v) is 14.1. The monoisotopic (exact) mass is 341 g/mol. The molecule has 25 heavy (non-hydrogen) atoms. The Morgan fingerprint density at radius 2 is 2.08 bits per heavy atom. The summed E-state index contributed by atoms with van der Waals surface area (Å²) in [7, 11) is 0. The second kappa shape index (κ2) is 8.43. The van der Waals surface area contributed by atoms with E-state index in [-0.39, 0.29) is 11.9 Å². The van der Waals surface area contributed by atoms with E-state index in [1.807, 2.05) is 36.4 Å². The summed E-state index contributed by atoms with van der Waals surface area (Å²) in [6.45, 7) is 1.98. The number of amides is 3. The van der Waals surface area contributed by atoms with Crippen LogP contribution in [0.25, 0.3) is 0 Å². The van der Waals surface area contributed by atoms with Crippen molar-refractivity contribution in [3.63, 3.8) is 0 Å². The van der Waals surface area contributed by atoms with Gasteiger partial charge in [-0.05, 0) is 31.0 Å². The van der Waals surface area contributed by atoms with Crippen LogP contribution in [0.5, 0.6) is 0 Å². The molecule has 1 saturated heterocycles. The van der Waals surface area contributed by atoms with Gasteiger partial charge in [-0.3, -0.25) is 20.1 Å². The summed E-state index contributed by atoms with van der Waals surface area (Å²) in [5.74, 6) is -0.263. The van der Waals surface area contributed by atoms with Crippen molar-refractivity contribution in [2.24, 2.45) is 0 Å². The summed E-state index contributed by atoms with van der Waals surface area (Å²) in [6.07, 6.45) is 4.20. The fourth-order valence-electron chi connectivity index (χ4n) is 3.15. The number of benzene rings is 1. The van der Waals surface area contributed by atoms with Gasteiger partial charge in [-0.15, -0.1) is 0 Å². The second-order valence-corrected chi connectivity index (χ2v) is 6.17. The average molecular weight is 341 g/mol. The van der Waals surface area contributed by atoms with Crippen LogP contribution >= 0.6 is 0 Å². The Morgan fingerprint density at radius 1 is 1.24 bits per heavy atom. The molecular weight excluding hydrogens is 318 g/mol. The minimum Gasteiger partial charge on any atom is -0.334 e. The lowest BCUT2D eigenvalue weighted by Crippen LogP contribution is -2.40. The lowest BCUT2D eigenvalue weighted by molar-refractivity contribution is -0.120. The van der Waals surface area contributed by atoms with E-state index in [2.05, 4.69) is 25.7 Å². The first kappa shape index (κ1) is 17.2. The minimum absolute atomic E-state index is 0.263. The number of aromatic nitrogens is 2. The van der Waals surface area contributed by atoms with Crippen molar-refractivity contribution in [1.29, 1.82) is 0 Å². The molecule has 7 nitrogen and oxygen atoms in total. The third-order valence-electron chi connectivity index (χ3n) is 4.42. The number of nitrogens with one attached hydrogen (secondary N) is 3. The number of rotatable bonds is 6. The van der Waals surface area contributed by atoms with Gasteiger partial charge in [-0.1, -0.05) is 30.3 Å². The summed E-state index contributed by atoms with van der Waals surface area (Å²) in [4.78, 5) is 26.1. The van der Waals surface area contributed by atoms with Crippen molar-refractivity contribution in [1.82, 2.24) is 25.7 Å². The third-order valence-corrected chi connectivity index (χ3v) is 4.42. The van der Waals surface area contributed by atoms with E-state index in [1.165, 1.54) is 0 Å². The van der Waals surface area contributed by atoms with Crippen molar-refractivity contribution in [3.05, 3.63) is 53.9 Å². The highest BCUT2D eigenvalue weighted by atomic mass is 16.2. The zero-order chi connectivity index (χ0) is 17.5. The van der Waals surface area contributed by atoms with Crippen LogP contribution in [0.1, 0.15) is 36.6 Å². The minimum atomic E-state index is -0.458. The van der Waals surface area contributed by atoms with Gasteiger partial charge in [0.1, 0.15) is 0 Å². The van der Waals surface area contributed by atoms with Crippen LogP contribution in [-0.4, -0.2) is 40.1 Å². The zero-order valence-electron chi connectivity index (χ0n) is 14.1. The van der Waals surface area contributed by atoms with Crippen molar-refractivity contribution < 1.29 is 9.59 Å². The Bertz CT molecular complexity index is 687. The van der Waals surface area contributed by atoms with Gasteiger partial charge in [-0.25, -0.2) is 4.79 Å². The second-order valence-electron chi connectivity index (χ2n) is 6.17. The molecule has 0 aliphatic carbocycles. The predicted octanol–water partition coefficient (Wildman–Crippen LogP) is 1.96. The van der Waals surface area contributed by atoms with E-state index in [0.717, 1.165) is 30.6 Å². The molecule has 1 aliphatic rings. The van der Waals surface area contributed by atoms with Crippen LogP contribution in [0.3, 0.4) is 0 Å². The van der Waals surface area contributed by atoms with E-state index in [1.54, 1.807) is 6.20 Å². The van der Waals surface area contributed by atoms with Crippen LogP contribution in [0.2, 0.25) is 0 Å². The number of likely N-dealkylation sites (tertiary alicyclic amines) is 1. The summed E-state index contributed by atoms with van der Waals surface area (Å²) < 4.78 is 0. The van der Waals surface area contributed by atoms with Crippen molar-refractivity contribution in [2.75, 3.05) is 13.1 Å². The highest BCUT2D eigenvalue weighted by molar-refractivity contribution is 5.94. The van der Waals surface area contributed by atoms with Crippen LogP contribution in [-0.2, 0) is 11.3 Å². The molecule has 0 radical (unpaired) electrons. The van der Waals surface area contributed by atoms with Crippen LogP contribution in [0.15, 0.2) is 42.6 Å². The van der Waals surface area contributed by atoms with Gasteiger partial charge in [0.2, 0.25) is 5.91 Å². The van der Waals surface area contributed by atoms with Gasteiger partial charge >= 0.3 is 6.03 Å². The summed E-state index contributed by atoms with van der Waals surface area (Å²) >= 11 is 0. The Labute approximate surface area is 146 Å². The molecule has 3 rings (SSSR count). The van der Waals surface area contributed by atoms with Crippen molar-refractivity contribution in [2.45, 2.75) is 31.8 Å². The van der Waals surface area contributed by atoms with Gasteiger partial charge in [-0.2, -0.15) is 5.10 Å². The number of H-pyrrole nitrogens is 1. The largest absolute Gasteiger partial charge is 0.334 e. The normalized spacial score (nSPS) is 17.4. The third kappa shape index (κ3) is 4.90. The maximum absolute atomic E-state index is 12.0. The molecule has 1 fully saturated rings. The maximum Gasteiger partial charge on any atom is 0.321 e. The number of nitrogens with zero attached hydrogens (tertiary/aromatic N) is 2. The molecule has 2 aromatic rings. The van der Waals surface area contributed by atoms with Gasteiger partial charge in [0.05, 0.1) is 11.7 Å². The summed E-state index contributed by atoms with van der Waals surface area (Å²) in [5.41, 5.74) is 2.07. The Hall–Kier alpha value is -2.67. The molecular formula is C18H23N5O2. The highest BCUT2D eigenvalue weighted by Crippen LogP contribution is 2.30. The summed E-state index contributed by atoms with van der Waals surface area (Å²) in [5, 5.41) is 12.1. The molecule has 1 atom stereocenters. The van der Waals surface area contributed by atoms with Crippen LogP contribution in [0, 0.1) is 0 Å².